The van der Waals surface area contributed by atoms with E-state index in [1.807, 2.05) is 13.0 Å². The maximum absolute atomic E-state index is 11.0. The first-order valence-electron chi connectivity index (χ1n) is 6.75. The van der Waals surface area contributed by atoms with Crippen LogP contribution in [-0.2, 0) is 11.2 Å². The van der Waals surface area contributed by atoms with Gasteiger partial charge in [0.15, 0.2) is 0 Å². The number of fused-ring (bicyclic) bond motifs is 1. The Hall–Kier alpha value is -1.22. The summed E-state index contributed by atoms with van der Waals surface area (Å²) >= 11 is 6.27. The fraction of sp³-hybridized carbons (Fsp3) is 0.533. The van der Waals surface area contributed by atoms with E-state index >= 15 is 0 Å². The summed E-state index contributed by atoms with van der Waals surface area (Å²) in [6.45, 7) is 2.02. The molecule has 3 nitrogen and oxygen atoms in total. The van der Waals surface area contributed by atoms with Crippen molar-refractivity contribution in [3.8, 4) is 5.75 Å². The summed E-state index contributed by atoms with van der Waals surface area (Å²) < 4.78 is 5.68. The molecule has 1 aliphatic heterocycles. The minimum Gasteiger partial charge on any atom is -0.489 e. The van der Waals surface area contributed by atoms with Gasteiger partial charge in [-0.2, -0.15) is 0 Å². The molecule has 0 saturated heterocycles. The summed E-state index contributed by atoms with van der Waals surface area (Å²) in [5.74, 6) is 0.641. The Morgan fingerprint density at radius 3 is 2.89 bits per heavy atom. The number of carboxylic acids is 1. The third-order valence-corrected chi connectivity index (χ3v) is 4.26. The summed E-state index contributed by atoms with van der Waals surface area (Å²) in [7, 11) is 0. The second-order valence-corrected chi connectivity index (χ2v) is 6.07. The van der Waals surface area contributed by atoms with E-state index in [4.69, 9.17) is 21.4 Å². The highest BCUT2D eigenvalue weighted by Crippen LogP contribution is 2.47. The normalized spacial score (nSPS) is 22.7. The first kappa shape index (κ1) is 12.8. The quantitative estimate of drug-likeness (QED) is 0.916. The number of aliphatic carboxylic acids is 1. The molecule has 0 amide bonds. The highest BCUT2D eigenvalue weighted by molar-refractivity contribution is 6.32. The number of carbonyl (C=O) groups is 1. The first-order chi connectivity index (χ1) is 9.04. The van der Waals surface area contributed by atoms with Gasteiger partial charge >= 0.3 is 5.97 Å². The monoisotopic (exact) mass is 280 g/mol. The average molecular weight is 281 g/mol. The van der Waals surface area contributed by atoms with Crippen LogP contribution in [0.5, 0.6) is 5.75 Å². The molecular formula is C15H17ClO3. The van der Waals surface area contributed by atoms with Gasteiger partial charge in [-0.15, -0.1) is 0 Å². The van der Waals surface area contributed by atoms with Crippen LogP contribution in [0, 0.1) is 5.92 Å². The van der Waals surface area contributed by atoms with Crippen molar-refractivity contribution >= 4 is 17.6 Å². The van der Waals surface area contributed by atoms with Crippen LogP contribution in [0.3, 0.4) is 0 Å². The summed E-state index contributed by atoms with van der Waals surface area (Å²) in [6.07, 6.45) is 3.45. The van der Waals surface area contributed by atoms with E-state index in [2.05, 4.69) is 6.07 Å². The second-order valence-electron chi connectivity index (χ2n) is 5.67. The minimum atomic E-state index is -0.738. The van der Waals surface area contributed by atoms with Crippen molar-refractivity contribution < 1.29 is 14.6 Å². The number of hydrogen-bond acceptors (Lipinski definition) is 2. The summed E-state index contributed by atoms with van der Waals surface area (Å²) in [6, 6.07) is 3.99. The van der Waals surface area contributed by atoms with Crippen molar-refractivity contribution in [2.75, 3.05) is 0 Å². The number of benzene rings is 1. The highest BCUT2D eigenvalue weighted by atomic mass is 35.5. The van der Waals surface area contributed by atoms with Crippen LogP contribution in [-0.4, -0.2) is 17.2 Å². The predicted octanol–water partition coefficient (Wildman–Crippen LogP) is 3.63. The molecule has 1 aromatic carbocycles. The summed E-state index contributed by atoms with van der Waals surface area (Å²) in [5.41, 5.74) is 2.18. The SMILES string of the molecule is CC1Cc2cc(C(CC(=O)O)C3CC3)cc(Cl)c2O1. The molecule has 102 valence electrons. The number of ether oxygens (including phenoxy) is 1. The number of carboxylic acid groups (broad SMARTS) is 1. The lowest BCUT2D eigenvalue weighted by atomic mass is 9.89. The molecule has 0 spiro atoms. The van der Waals surface area contributed by atoms with Crippen molar-refractivity contribution in [3.05, 3.63) is 28.3 Å². The summed E-state index contributed by atoms with van der Waals surface area (Å²) in [4.78, 5) is 11.0. The molecule has 1 aliphatic carbocycles. The lowest BCUT2D eigenvalue weighted by Gasteiger charge is -2.16. The van der Waals surface area contributed by atoms with E-state index < -0.39 is 5.97 Å². The van der Waals surface area contributed by atoms with Crippen LogP contribution in [0.2, 0.25) is 5.02 Å². The maximum atomic E-state index is 11.0. The lowest BCUT2D eigenvalue weighted by Crippen LogP contribution is -2.08. The third kappa shape index (κ3) is 2.57. The molecule has 0 radical (unpaired) electrons. The molecule has 2 atom stereocenters. The van der Waals surface area contributed by atoms with Crippen LogP contribution in [0.1, 0.15) is 43.2 Å². The van der Waals surface area contributed by atoms with Gasteiger partial charge in [0.05, 0.1) is 11.4 Å². The van der Waals surface area contributed by atoms with Crippen LogP contribution in [0.4, 0.5) is 0 Å². The van der Waals surface area contributed by atoms with Crippen molar-refractivity contribution in [1.29, 1.82) is 0 Å². The van der Waals surface area contributed by atoms with Gasteiger partial charge in [0.1, 0.15) is 11.9 Å². The van der Waals surface area contributed by atoms with Gasteiger partial charge in [-0.3, -0.25) is 4.79 Å². The van der Waals surface area contributed by atoms with Gasteiger partial charge in [-0.1, -0.05) is 17.7 Å². The number of hydrogen-bond donors (Lipinski definition) is 1. The fourth-order valence-electron chi connectivity index (χ4n) is 2.97. The Morgan fingerprint density at radius 2 is 2.26 bits per heavy atom. The van der Waals surface area contributed by atoms with E-state index in [0.29, 0.717) is 10.9 Å². The van der Waals surface area contributed by atoms with Crippen LogP contribution in [0.25, 0.3) is 0 Å². The highest BCUT2D eigenvalue weighted by Gasteiger charge is 2.35. The molecule has 2 aliphatic rings. The van der Waals surface area contributed by atoms with Crippen molar-refractivity contribution in [2.45, 2.75) is 44.6 Å². The Labute approximate surface area is 117 Å². The van der Waals surface area contributed by atoms with Crippen molar-refractivity contribution in [1.82, 2.24) is 0 Å². The predicted molar refractivity (Wildman–Crippen MR) is 73.0 cm³/mol. The first-order valence-corrected chi connectivity index (χ1v) is 7.13. The van der Waals surface area contributed by atoms with Gasteiger partial charge in [0, 0.05) is 6.42 Å². The third-order valence-electron chi connectivity index (χ3n) is 3.98. The van der Waals surface area contributed by atoms with E-state index in [1.54, 1.807) is 0 Å². The molecule has 3 rings (SSSR count). The zero-order valence-electron chi connectivity index (χ0n) is 10.9. The lowest BCUT2D eigenvalue weighted by molar-refractivity contribution is -0.137. The van der Waals surface area contributed by atoms with Crippen LogP contribution < -0.4 is 4.74 Å². The molecule has 1 saturated carbocycles. The Kier molecular flexibility index (Phi) is 3.17. The Morgan fingerprint density at radius 1 is 1.53 bits per heavy atom. The molecule has 0 aromatic heterocycles. The smallest absolute Gasteiger partial charge is 0.303 e. The standard InChI is InChI=1S/C15H17ClO3/c1-8-4-11-5-10(6-13(16)15(11)19-8)12(7-14(17)18)9-2-3-9/h5-6,8-9,12H,2-4,7H2,1H3,(H,17,18). The summed E-state index contributed by atoms with van der Waals surface area (Å²) in [5, 5.41) is 9.69. The molecule has 1 heterocycles. The van der Waals surface area contributed by atoms with Crippen molar-refractivity contribution in [2.24, 2.45) is 5.92 Å². The largest absolute Gasteiger partial charge is 0.489 e. The van der Waals surface area contributed by atoms with E-state index in [0.717, 1.165) is 36.1 Å². The van der Waals surface area contributed by atoms with Gasteiger partial charge in [0.25, 0.3) is 0 Å². The maximum Gasteiger partial charge on any atom is 0.303 e. The topological polar surface area (TPSA) is 46.5 Å². The second kappa shape index (κ2) is 4.71. The van der Waals surface area contributed by atoms with E-state index in [1.165, 1.54) is 0 Å². The minimum absolute atomic E-state index is 0.0937. The Balaban J connectivity index is 1.94. The average Bonchev–Trinajstić information content (AvgIpc) is 3.08. The Bertz CT molecular complexity index is 522. The molecule has 19 heavy (non-hydrogen) atoms. The zero-order valence-corrected chi connectivity index (χ0v) is 11.6. The molecule has 1 fully saturated rings. The van der Waals surface area contributed by atoms with Gasteiger partial charge in [-0.25, -0.2) is 0 Å². The van der Waals surface area contributed by atoms with Gasteiger partial charge < -0.3 is 9.84 Å². The van der Waals surface area contributed by atoms with Crippen LogP contribution >= 0.6 is 11.6 Å². The molecule has 1 N–H and O–H groups in total. The van der Waals surface area contributed by atoms with Gasteiger partial charge in [0.2, 0.25) is 0 Å². The number of halogens is 1. The number of rotatable bonds is 4. The molecule has 0 bridgehead atoms. The molecule has 2 unspecified atom stereocenters. The van der Waals surface area contributed by atoms with E-state index in [-0.39, 0.29) is 18.4 Å². The van der Waals surface area contributed by atoms with Gasteiger partial charge in [-0.05, 0) is 48.8 Å². The van der Waals surface area contributed by atoms with Crippen LogP contribution in [0.15, 0.2) is 12.1 Å². The molecular weight excluding hydrogens is 264 g/mol. The van der Waals surface area contributed by atoms with Crippen molar-refractivity contribution in [3.63, 3.8) is 0 Å². The molecule has 1 aromatic rings. The fourth-order valence-corrected chi connectivity index (χ4v) is 3.26. The molecule has 4 heteroatoms. The zero-order chi connectivity index (χ0) is 13.6. The van der Waals surface area contributed by atoms with E-state index in [9.17, 15) is 4.79 Å².